The van der Waals surface area contributed by atoms with E-state index in [1.807, 2.05) is 12.1 Å². The lowest BCUT2D eigenvalue weighted by Gasteiger charge is -2.34. The number of hydrogen-bond acceptors (Lipinski definition) is 5. The fourth-order valence-electron chi connectivity index (χ4n) is 3.87. The van der Waals surface area contributed by atoms with E-state index in [-0.39, 0.29) is 0 Å². The van der Waals surface area contributed by atoms with Crippen LogP contribution in [0.1, 0.15) is 36.8 Å². The van der Waals surface area contributed by atoms with Gasteiger partial charge in [-0.25, -0.2) is 0 Å². The van der Waals surface area contributed by atoms with Crippen LogP contribution in [-0.2, 0) is 17.9 Å². The molecule has 0 atom stereocenters. The first-order valence-electron chi connectivity index (χ1n) is 10.8. The molecule has 0 saturated carbocycles. The van der Waals surface area contributed by atoms with Crippen LogP contribution in [0.4, 0.5) is 0 Å². The van der Waals surface area contributed by atoms with E-state index in [0.29, 0.717) is 5.78 Å². The quantitative estimate of drug-likeness (QED) is 0.846. The summed E-state index contributed by atoms with van der Waals surface area (Å²) in [4.78, 5) is 15.7. The van der Waals surface area contributed by atoms with Crippen LogP contribution in [0.2, 0.25) is 0 Å². The Morgan fingerprint density at radius 1 is 0.800 bits per heavy atom. The van der Waals surface area contributed by atoms with E-state index < -0.39 is 5.54 Å². The Hall–Kier alpha value is -2.52. The van der Waals surface area contributed by atoms with Gasteiger partial charge in [-0.05, 0) is 24.0 Å². The predicted molar refractivity (Wildman–Crippen MR) is 119 cm³/mol. The lowest BCUT2D eigenvalue weighted by molar-refractivity contribution is -0.121. The molecule has 158 valence electrons. The molecule has 5 heteroatoms. The molecule has 2 saturated heterocycles. The summed E-state index contributed by atoms with van der Waals surface area (Å²) in [6.45, 7) is 5.62. The van der Waals surface area contributed by atoms with Crippen LogP contribution in [0.3, 0.4) is 0 Å². The number of likely N-dealkylation sites (tertiary alicyclic amines) is 2. The number of nitrogens with two attached hydrogens (primary N) is 1. The first-order valence-corrected chi connectivity index (χ1v) is 10.8. The monoisotopic (exact) mass is 404 g/mol. The van der Waals surface area contributed by atoms with Crippen molar-refractivity contribution in [3.8, 4) is 6.07 Å². The second kappa shape index (κ2) is 11.0. The summed E-state index contributed by atoms with van der Waals surface area (Å²) in [5.74, 6) is 0.411. The average Bonchev–Trinajstić information content (AvgIpc) is 2.79. The second-order valence-corrected chi connectivity index (χ2v) is 8.33. The van der Waals surface area contributed by atoms with Crippen molar-refractivity contribution in [1.29, 1.82) is 5.26 Å². The van der Waals surface area contributed by atoms with Gasteiger partial charge in [0.15, 0.2) is 0 Å². The highest BCUT2D eigenvalue weighted by atomic mass is 16.1. The molecule has 0 spiro atoms. The summed E-state index contributed by atoms with van der Waals surface area (Å²) in [6, 6.07) is 23.0. The Balaban J connectivity index is 0.000000172. The van der Waals surface area contributed by atoms with Crippen LogP contribution >= 0.6 is 0 Å². The highest BCUT2D eigenvalue weighted by Crippen LogP contribution is 2.20. The molecule has 2 aliphatic rings. The van der Waals surface area contributed by atoms with Gasteiger partial charge in [0.05, 0.1) is 6.07 Å². The predicted octanol–water partition coefficient (Wildman–Crippen LogP) is 3.35. The molecule has 4 rings (SSSR count). The van der Waals surface area contributed by atoms with E-state index in [0.717, 1.165) is 65.0 Å². The first-order chi connectivity index (χ1) is 14.6. The van der Waals surface area contributed by atoms with Gasteiger partial charge in [0.25, 0.3) is 0 Å². The summed E-state index contributed by atoms with van der Waals surface area (Å²) in [5.41, 5.74) is 7.99. The van der Waals surface area contributed by atoms with Gasteiger partial charge in [0.2, 0.25) is 0 Å². The van der Waals surface area contributed by atoms with Gasteiger partial charge >= 0.3 is 0 Å². The molecule has 5 nitrogen and oxygen atoms in total. The van der Waals surface area contributed by atoms with Crippen LogP contribution in [0.25, 0.3) is 0 Å². The zero-order valence-corrected chi connectivity index (χ0v) is 17.7. The minimum Gasteiger partial charge on any atom is -0.313 e. The Morgan fingerprint density at radius 3 is 1.67 bits per heavy atom. The summed E-state index contributed by atoms with van der Waals surface area (Å²) in [7, 11) is 0. The third-order valence-corrected chi connectivity index (χ3v) is 5.88. The van der Waals surface area contributed by atoms with Crippen molar-refractivity contribution in [2.75, 3.05) is 26.2 Å². The van der Waals surface area contributed by atoms with Crippen molar-refractivity contribution in [2.45, 2.75) is 44.3 Å². The van der Waals surface area contributed by atoms with E-state index >= 15 is 0 Å². The van der Waals surface area contributed by atoms with Gasteiger partial charge < -0.3 is 5.73 Å². The summed E-state index contributed by atoms with van der Waals surface area (Å²) >= 11 is 0. The molecule has 2 N–H and O–H groups in total. The van der Waals surface area contributed by atoms with Crippen molar-refractivity contribution in [3.63, 3.8) is 0 Å². The normalized spacial score (nSPS) is 19.4. The van der Waals surface area contributed by atoms with Crippen LogP contribution in [0, 0.1) is 11.3 Å². The summed E-state index contributed by atoms with van der Waals surface area (Å²) < 4.78 is 0. The van der Waals surface area contributed by atoms with Gasteiger partial charge in [-0.3, -0.25) is 14.6 Å². The largest absolute Gasteiger partial charge is 0.313 e. The average molecular weight is 405 g/mol. The fourth-order valence-corrected chi connectivity index (χ4v) is 3.87. The number of hydrogen-bond donors (Lipinski definition) is 1. The molecule has 2 heterocycles. The molecule has 0 aliphatic carbocycles. The van der Waals surface area contributed by atoms with Crippen molar-refractivity contribution >= 4 is 5.78 Å². The van der Waals surface area contributed by atoms with Gasteiger partial charge in [0.1, 0.15) is 11.3 Å². The minimum atomic E-state index is -0.590. The van der Waals surface area contributed by atoms with E-state index in [2.05, 4.69) is 64.4 Å². The van der Waals surface area contributed by atoms with E-state index in [9.17, 15) is 4.79 Å². The van der Waals surface area contributed by atoms with Crippen LogP contribution in [-0.4, -0.2) is 47.3 Å². The van der Waals surface area contributed by atoms with Gasteiger partial charge in [0, 0.05) is 52.1 Å². The Morgan fingerprint density at radius 2 is 1.23 bits per heavy atom. The number of nitriles is 1. The Kier molecular flexibility index (Phi) is 8.15. The minimum absolute atomic E-state index is 0.411. The maximum Gasteiger partial charge on any atom is 0.135 e. The van der Waals surface area contributed by atoms with Gasteiger partial charge in [-0.15, -0.1) is 0 Å². The van der Waals surface area contributed by atoms with Crippen molar-refractivity contribution in [1.82, 2.24) is 9.80 Å². The topological polar surface area (TPSA) is 73.4 Å². The van der Waals surface area contributed by atoms with E-state index in [1.54, 1.807) is 0 Å². The lowest BCUT2D eigenvalue weighted by Crippen LogP contribution is -2.49. The highest BCUT2D eigenvalue weighted by Gasteiger charge is 2.30. The van der Waals surface area contributed by atoms with Crippen LogP contribution in [0.15, 0.2) is 60.7 Å². The number of carbonyl (C=O) groups excluding carboxylic acids is 1. The third-order valence-electron chi connectivity index (χ3n) is 5.88. The number of benzene rings is 2. The maximum atomic E-state index is 11.0. The molecule has 0 bridgehead atoms. The summed E-state index contributed by atoms with van der Waals surface area (Å²) in [5, 5.41) is 8.93. The van der Waals surface area contributed by atoms with Gasteiger partial charge in [-0.2, -0.15) is 5.26 Å². The van der Waals surface area contributed by atoms with E-state index in [1.165, 1.54) is 11.1 Å². The van der Waals surface area contributed by atoms with E-state index in [4.69, 9.17) is 11.0 Å². The smallest absolute Gasteiger partial charge is 0.135 e. The standard InChI is InChI=1S/C13H17N3.C12H15NO/c14-11-13(15)6-8-16(9-7-13)10-12-4-2-1-3-5-12;14-12-6-8-13(9-7-12)10-11-4-2-1-3-5-11/h1-5H,6-10,15H2;1-5H,6-10H2. The van der Waals surface area contributed by atoms with Gasteiger partial charge in [-0.1, -0.05) is 60.7 Å². The zero-order chi connectivity index (χ0) is 21.2. The maximum absolute atomic E-state index is 11.0. The third kappa shape index (κ3) is 7.07. The molecule has 0 radical (unpaired) electrons. The molecule has 30 heavy (non-hydrogen) atoms. The molecular weight excluding hydrogens is 372 g/mol. The second-order valence-electron chi connectivity index (χ2n) is 8.33. The highest BCUT2D eigenvalue weighted by molar-refractivity contribution is 5.79. The number of carbonyl (C=O) groups is 1. The molecule has 0 unspecified atom stereocenters. The molecular formula is C25H32N4O. The lowest BCUT2D eigenvalue weighted by atomic mass is 9.90. The first kappa shape index (κ1) is 22.2. The Bertz CT molecular complexity index is 813. The fraction of sp³-hybridized carbons (Fsp3) is 0.440. The molecule has 2 aromatic carbocycles. The summed E-state index contributed by atoms with van der Waals surface area (Å²) in [6.07, 6.45) is 3.01. The van der Waals surface area contributed by atoms with Crippen LogP contribution in [0.5, 0.6) is 0 Å². The number of Topliss-reactive ketones (excluding diaryl/α,β-unsaturated/α-hetero) is 1. The number of rotatable bonds is 4. The number of nitrogens with zero attached hydrogens (tertiary/aromatic N) is 3. The molecule has 0 amide bonds. The molecule has 2 fully saturated rings. The molecule has 2 aliphatic heterocycles. The van der Waals surface area contributed by atoms with Crippen LogP contribution < -0.4 is 5.73 Å². The number of piperidine rings is 2. The van der Waals surface area contributed by atoms with Crippen molar-refractivity contribution in [3.05, 3.63) is 71.8 Å². The number of ketones is 1. The Labute approximate surface area is 180 Å². The SMILES string of the molecule is N#CC1(N)CCN(Cc2ccccc2)CC1.O=C1CCN(Cc2ccccc2)CC1. The van der Waals surface area contributed by atoms with Crippen molar-refractivity contribution < 1.29 is 4.79 Å². The molecule has 2 aromatic rings. The van der Waals surface area contributed by atoms with Crippen molar-refractivity contribution in [2.24, 2.45) is 5.73 Å². The molecule has 0 aromatic heterocycles. The zero-order valence-electron chi connectivity index (χ0n) is 17.7.